The fraction of sp³-hybridized carbons (Fsp3) is 0.750. The van der Waals surface area contributed by atoms with Crippen LogP contribution in [-0.4, -0.2) is 24.0 Å². The molecule has 1 aromatic rings. The third kappa shape index (κ3) is 8.92. The van der Waals surface area contributed by atoms with Crippen LogP contribution in [0.1, 0.15) is 70.0 Å². The van der Waals surface area contributed by atoms with Gasteiger partial charge < -0.3 is 10.6 Å². The molecule has 1 aromatic heterocycles. The Labute approximate surface area is 156 Å². The van der Waals surface area contributed by atoms with E-state index in [0.717, 1.165) is 24.7 Å². The Morgan fingerprint density at radius 1 is 1.23 bits per heavy atom. The van der Waals surface area contributed by atoms with E-state index < -0.39 is 0 Å². The van der Waals surface area contributed by atoms with E-state index in [0.29, 0.717) is 12.5 Å². The molecule has 0 aromatic carbocycles. The molecule has 128 valence electrons. The van der Waals surface area contributed by atoms with Crippen LogP contribution in [0.4, 0.5) is 0 Å². The molecule has 0 bridgehead atoms. The second kappa shape index (κ2) is 13.1. The predicted octanol–water partition coefficient (Wildman–Crippen LogP) is 4.52. The van der Waals surface area contributed by atoms with Gasteiger partial charge in [-0.1, -0.05) is 40.0 Å². The zero-order chi connectivity index (χ0) is 15.5. The Morgan fingerprint density at radius 2 is 2.00 bits per heavy atom. The van der Waals surface area contributed by atoms with Crippen molar-refractivity contribution in [2.45, 2.75) is 65.8 Å². The minimum atomic E-state index is 0. The zero-order valence-corrected chi connectivity index (χ0v) is 17.5. The molecule has 0 aliphatic heterocycles. The predicted molar refractivity (Wildman–Crippen MR) is 109 cm³/mol. The molecular weight excluding hydrogens is 407 g/mol. The average Bonchev–Trinajstić information content (AvgIpc) is 2.93. The first-order valence-electron chi connectivity index (χ1n) is 8.13. The Morgan fingerprint density at radius 3 is 2.59 bits per heavy atom. The van der Waals surface area contributed by atoms with Gasteiger partial charge in [-0.15, -0.1) is 35.3 Å². The fourth-order valence-corrected chi connectivity index (χ4v) is 2.75. The van der Waals surface area contributed by atoms with Crippen molar-refractivity contribution in [2.24, 2.45) is 4.99 Å². The van der Waals surface area contributed by atoms with Crippen LogP contribution in [0.15, 0.2) is 10.4 Å². The van der Waals surface area contributed by atoms with Gasteiger partial charge in [-0.05, 0) is 13.3 Å². The molecule has 4 nitrogen and oxygen atoms in total. The molecule has 1 heterocycles. The van der Waals surface area contributed by atoms with Gasteiger partial charge in [0.1, 0.15) is 0 Å². The third-order valence-electron chi connectivity index (χ3n) is 3.13. The molecule has 0 spiro atoms. The smallest absolute Gasteiger partial charge is 0.191 e. The second-order valence-corrected chi connectivity index (χ2v) is 6.40. The maximum Gasteiger partial charge on any atom is 0.191 e. The largest absolute Gasteiger partial charge is 0.357 e. The SMILES string of the molecule is CCCCCCNC(=NCc1csc(C(C)C)n1)NCC.I. The van der Waals surface area contributed by atoms with E-state index in [9.17, 15) is 0 Å². The molecule has 0 saturated heterocycles. The van der Waals surface area contributed by atoms with Crippen molar-refractivity contribution in [3.8, 4) is 0 Å². The molecule has 1 rings (SSSR count). The quantitative estimate of drug-likeness (QED) is 0.258. The van der Waals surface area contributed by atoms with Crippen LogP contribution in [0, 0.1) is 0 Å². The van der Waals surface area contributed by atoms with Gasteiger partial charge in [0.25, 0.3) is 0 Å². The van der Waals surface area contributed by atoms with E-state index in [-0.39, 0.29) is 24.0 Å². The molecule has 0 saturated carbocycles. The molecule has 0 fully saturated rings. The lowest BCUT2D eigenvalue weighted by molar-refractivity contribution is 0.647. The Kier molecular flexibility index (Phi) is 12.9. The molecule has 0 radical (unpaired) electrons. The molecule has 0 amide bonds. The van der Waals surface area contributed by atoms with Crippen LogP contribution < -0.4 is 10.6 Å². The number of nitrogens with one attached hydrogen (secondary N) is 2. The summed E-state index contributed by atoms with van der Waals surface area (Å²) in [5.41, 5.74) is 1.06. The summed E-state index contributed by atoms with van der Waals surface area (Å²) in [5.74, 6) is 1.39. The molecule has 2 N–H and O–H groups in total. The van der Waals surface area contributed by atoms with Crippen molar-refractivity contribution in [1.82, 2.24) is 15.6 Å². The molecule has 0 aliphatic carbocycles. The summed E-state index contributed by atoms with van der Waals surface area (Å²) in [6.45, 7) is 11.2. The summed E-state index contributed by atoms with van der Waals surface area (Å²) in [6.07, 6.45) is 5.07. The number of thiazole rings is 1. The molecule has 0 aliphatic rings. The lowest BCUT2D eigenvalue weighted by Crippen LogP contribution is -2.37. The summed E-state index contributed by atoms with van der Waals surface area (Å²) in [5, 5.41) is 9.99. The number of aromatic nitrogens is 1. The standard InChI is InChI=1S/C16H30N4S.HI/c1-5-7-8-9-10-18-16(17-6-2)19-11-14-12-21-15(20-14)13(3)4;/h12-13H,5-11H2,1-4H3,(H2,17,18,19);1H. The number of unbranched alkanes of at least 4 members (excludes halogenated alkanes) is 3. The number of nitrogens with zero attached hydrogens (tertiary/aromatic N) is 2. The number of halogens is 1. The highest BCUT2D eigenvalue weighted by atomic mass is 127. The molecule has 0 unspecified atom stereocenters. The first-order chi connectivity index (χ1) is 10.2. The van der Waals surface area contributed by atoms with E-state index >= 15 is 0 Å². The summed E-state index contributed by atoms with van der Waals surface area (Å²) in [7, 11) is 0. The summed E-state index contributed by atoms with van der Waals surface area (Å²) >= 11 is 1.73. The van der Waals surface area contributed by atoms with Crippen LogP contribution in [0.3, 0.4) is 0 Å². The van der Waals surface area contributed by atoms with Crippen LogP contribution in [0.5, 0.6) is 0 Å². The van der Waals surface area contributed by atoms with Crippen molar-refractivity contribution in [1.29, 1.82) is 0 Å². The third-order valence-corrected chi connectivity index (χ3v) is 4.32. The van der Waals surface area contributed by atoms with Gasteiger partial charge in [-0.3, -0.25) is 0 Å². The Hall–Kier alpha value is -0.370. The number of hydrogen-bond acceptors (Lipinski definition) is 3. The van der Waals surface area contributed by atoms with Gasteiger partial charge in [0.2, 0.25) is 0 Å². The lowest BCUT2D eigenvalue weighted by atomic mass is 10.2. The number of rotatable bonds is 9. The molecule has 0 atom stereocenters. The summed E-state index contributed by atoms with van der Waals surface area (Å²) in [6, 6.07) is 0. The normalized spacial score (nSPS) is 11.4. The second-order valence-electron chi connectivity index (χ2n) is 5.51. The van der Waals surface area contributed by atoms with Crippen LogP contribution in [0.2, 0.25) is 0 Å². The Bertz CT molecular complexity index is 418. The van der Waals surface area contributed by atoms with Gasteiger partial charge in [0.15, 0.2) is 5.96 Å². The van der Waals surface area contributed by atoms with Crippen LogP contribution in [0.25, 0.3) is 0 Å². The minimum Gasteiger partial charge on any atom is -0.357 e. The van der Waals surface area contributed by atoms with Gasteiger partial charge in [0, 0.05) is 24.4 Å². The lowest BCUT2D eigenvalue weighted by Gasteiger charge is -2.10. The highest BCUT2D eigenvalue weighted by molar-refractivity contribution is 14.0. The summed E-state index contributed by atoms with van der Waals surface area (Å²) < 4.78 is 0. The van der Waals surface area contributed by atoms with Crippen molar-refractivity contribution < 1.29 is 0 Å². The highest BCUT2D eigenvalue weighted by Gasteiger charge is 2.05. The first-order valence-corrected chi connectivity index (χ1v) is 9.01. The maximum absolute atomic E-state index is 4.62. The van der Waals surface area contributed by atoms with Crippen molar-refractivity contribution >= 4 is 41.3 Å². The number of hydrogen-bond donors (Lipinski definition) is 2. The van der Waals surface area contributed by atoms with E-state index in [1.54, 1.807) is 11.3 Å². The summed E-state index contributed by atoms with van der Waals surface area (Å²) in [4.78, 5) is 9.23. The van der Waals surface area contributed by atoms with Crippen molar-refractivity contribution in [3.05, 3.63) is 16.1 Å². The van der Waals surface area contributed by atoms with Crippen LogP contribution >= 0.6 is 35.3 Å². The van der Waals surface area contributed by atoms with Gasteiger partial charge >= 0.3 is 0 Å². The van der Waals surface area contributed by atoms with E-state index in [1.165, 1.54) is 30.7 Å². The average molecular weight is 438 g/mol. The monoisotopic (exact) mass is 438 g/mol. The fourth-order valence-electron chi connectivity index (χ4n) is 1.92. The maximum atomic E-state index is 4.62. The minimum absolute atomic E-state index is 0. The highest BCUT2D eigenvalue weighted by Crippen LogP contribution is 2.19. The van der Waals surface area contributed by atoms with Crippen LogP contribution in [-0.2, 0) is 6.54 Å². The van der Waals surface area contributed by atoms with E-state index in [4.69, 9.17) is 0 Å². The zero-order valence-electron chi connectivity index (χ0n) is 14.3. The Balaban J connectivity index is 0.00000441. The van der Waals surface area contributed by atoms with E-state index in [2.05, 4.69) is 53.7 Å². The molecule has 6 heteroatoms. The first kappa shape index (κ1) is 21.6. The number of guanidine groups is 1. The van der Waals surface area contributed by atoms with Crippen molar-refractivity contribution in [2.75, 3.05) is 13.1 Å². The number of aliphatic imine (C=N–C) groups is 1. The topological polar surface area (TPSA) is 49.3 Å². The van der Waals surface area contributed by atoms with Gasteiger partial charge in [0.05, 0.1) is 17.2 Å². The van der Waals surface area contributed by atoms with Gasteiger partial charge in [-0.25, -0.2) is 9.98 Å². The molecule has 22 heavy (non-hydrogen) atoms. The van der Waals surface area contributed by atoms with Crippen molar-refractivity contribution in [3.63, 3.8) is 0 Å². The molecular formula is C16H31IN4S. The van der Waals surface area contributed by atoms with E-state index in [1.807, 2.05) is 0 Å². The van der Waals surface area contributed by atoms with Gasteiger partial charge in [-0.2, -0.15) is 0 Å².